The molecule has 25 heavy (non-hydrogen) atoms. The summed E-state index contributed by atoms with van der Waals surface area (Å²) in [5.41, 5.74) is 8.61. The molecule has 0 saturated carbocycles. The van der Waals surface area contributed by atoms with Crippen molar-refractivity contribution in [3.63, 3.8) is 0 Å². The molecule has 0 aliphatic carbocycles. The van der Waals surface area contributed by atoms with Gasteiger partial charge in [0.2, 0.25) is 0 Å². The zero-order valence-corrected chi connectivity index (χ0v) is 13.6. The first-order chi connectivity index (χ1) is 12.1. The summed E-state index contributed by atoms with van der Waals surface area (Å²) in [7, 11) is 0. The van der Waals surface area contributed by atoms with Crippen LogP contribution in [0.4, 0.5) is 0 Å². The maximum absolute atomic E-state index is 12.7. The molecule has 0 fully saturated rings. The Kier molecular flexibility index (Phi) is 4.90. The standard InChI is InChI=1S/C21H19N3O/c22-20(23)17-11-13-18(14-12-17)21(25)24-19(15-7-3-1-4-8-15)16-9-5-2-6-10-16/h1-14,19H,(H3,22,23)(H,24,25). The first-order valence-electron chi connectivity index (χ1n) is 8.00. The molecular formula is C21H19N3O. The lowest BCUT2D eigenvalue weighted by atomic mass is 9.98. The predicted octanol–water partition coefficient (Wildman–Crippen LogP) is 3.49. The van der Waals surface area contributed by atoms with Gasteiger partial charge in [0, 0.05) is 11.1 Å². The first-order valence-corrected chi connectivity index (χ1v) is 8.00. The second-order valence-electron chi connectivity index (χ2n) is 5.72. The molecule has 0 saturated heterocycles. The highest BCUT2D eigenvalue weighted by Crippen LogP contribution is 2.22. The van der Waals surface area contributed by atoms with Gasteiger partial charge in [-0.2, -0.15) is 0 Å². The summed E-state index contributed by atoms with van der Waals surface area (Å²) < 4.78 is 0. The van der Waals surface area contributed by atoms with Crippen LogP contribution in [0.15, 0.2) is 84.9 Å². The summed E-state index contributed by atoms with van der Waals surface area (Å²) in [4.78, 5) is 12.7. The Balaban J connectivity index is 1.87. The van der Waals surface area contributed by atoms with Crippen LogP contribution in [0.3, 0.4) is 0 Å². The van der Waals surface area contributed by atoms with Crippen molar-refractivity contribution in [1.29, 1.82) is 5.41 Å². The van der Waals surface area contributed by atoms with Gasteiger partial charge in [0.05, 0.1) is 6.04 Å². The molecule has 4 nitrogen and oxygen atoms in total. The SMILES string of the molecule is N=C(N)c1ccc(C(=O)NC(c2ccccc2)c2ccccc2)cc1. The smallest absolute Gasteiger partial charge is 0.252 e. The number of amidine groups is 1. The third-order valence-electron chi connectivity index (χ3n) is 4.00. The molecule has 0 atom stereocenters. The largest absolute Gasteiger partial charge is 0.384 e. The lowest BCUT2D eigenvalue weighted by Crippen LogP contribution is -2.29. The Labute approximate surface area is 146 Å². The van der Waals surface area contributed by atoms with Gasteiger partial charge in [-0.25, -0.2) is 0 Å². The van der Waals surface area contributed by atoms with Crippen LogP contribution < -0.4 is 11.1 Å². The van der Waals surface area contributed by atoms with Gasteiger partial charge in [-0.1, -0.05) is 72.8 Å². The maximum Gasteiger partial charge on any atom is 0.252 e. The van der Waals surface area contributed by atoms with E-state index in [1.165, 1.54) is 0 Å². The molecule has 0 heterocycles. The molecule has 3 rings (SSSR count). The van der Waals surface area contributed by atoms with Gasteiger partial charge in [-0.05, 0) is 23.3 Å². The van der Waals surface area contributed by atoms with Crippen molar-refractivity contribution < 1.29 is 4.79 Å². The second-order valence-corrected chi connectivity index (χ2v) is 5.72. The van der Waals surface area contributed by atoms with E-state index >= 15 is 0 Å². The number of carbonyl (C=O) groups is 1. The molecule has 0 radical (unpaired) electrons. The van der Waals surface area contributed by atoms with E-state index in [0.29, 0.717) is 11.1 Å². The highest BCUT2D eigenvalue weighted by Gasteiger charge is 2.17. The van der Waals surface area contributed by atoms with E-state index in [-0.39, 0.29) is 17.8 Å². The van der Waals surface area contributed by atoms with Gasteiger partial charge in [0.25, 0.3) is 5.91 Å². The van der Waals surface area contributed by atoms with Crippen molar-refractivity contribution in [3.8, 4) is 0 Å². The quantitative estimate of drug-likeness (QED) is 0.495. The summed E-state index contributed by atoms with van der Waals surface area (Å²) in [5, 5.41) is 10.5. The van der Waals surface area contributed by atoms with Crippen molar-refractivity contribution in [3.05, 3.63) is 107 Å². The number of carbonyl (C=O) groups excluding carboxylic acids is 1. The van der Waals surface area contributed by atoms with E-state index in [0.717, 1.165) is 11.1 Å². The molecule has 3 aromatic carbocycles. The fourth-order valence-electron chi connectivity index (χ4n) is 2.67. The summed E-state index contributed by atoms with van der Waals surface area (Å²) in [5.74, 6) is -0.189. The molecule has 0 bridgehead atoms. The average Bonchev–Trinajstić information content (AvgIpc) is 2.67. The summed E-state index contributed by atoms with van der Waals surface area (Å²) >= 11 is 0. The van der Waals surface area contributed by atoms with Crippen LogP contribution in [0, 0.1) is 5.41 Å². The Hall–Kier alpha value is -3.40. The molecule has 0 aromatic heterocycles. The Bertz CT molecular complexity index is 819. The van der Waals surface area contributed by atoms with Crippen LogP contribution in [0.25, 0.3) is 0 Å². The summed E-state index contributed by atoms with van der Waals surface area (Å²) in [6.45, 7) is 0. The molecule has 0 unspecified atom stereocenters. The van der Waals surface area contributed by atoms with Gasteiger partial charge in [0.1, 0.15) is 5.84 Å². The zero-order chi connectivity index (χ0) is 17.6. The fourth-order valence-corrected chi connectivity index (χ4v) is 2.67. The monoisotopic (exact) mass is 329 g/mol. The predicted molar refractivity (Wildman–Crippen MR) is 99.7 cm³/mol. The van der Waals surface area contributed by atoms with E-state index < -0.39 is 0 Å². The maximum atomic E-state index is 12.7. The summed E-state index contributed by atoms with van der Waals surface area (Å²) in [6.07, 6.45) is 0. The minimum atomic E-state index is -0.234. The van der Waals surface area contributed by atoms with Gasteiger partial charge >= 0.3 is 0 Å². The molecule has 4 heteroatoms. The van der Waals surface area contributed by atoms with Gasteiger partial charge < -0.3 is 11.1 Å². The van der Waals surface area contributed by atoms with E-state index in [4.69, 9.17) is 11.1 Å². The molecule has 1 amide bonds. The molecule has 3 aromatic rings. The third-order valence-corrected chi connectivity index (χ3v) is 4.00. The van der Waals surface area contributed by atoms with Gasteiger partial charge in [-0.3, -0.25) is 10.2 Å². The van der Waals surface area contributed by atoms with Crippen molar-refractivity contribution in [2.45, 2.75) is 6.04 Å². The van der Waals surface area contributed by atoms with Crippen molar-refractivity contribution in [1.82, 2.24) is 5.32 Å². The molecule has 124 valence electrons. The molecule has 0 aliphatic heterocycles. The average molecular weight is 329 g/mol. The van der Waals surface area contributed by atoms with Crippen LogP contribution in [-0.2, 0) is 0 Å². The number of nitrogen functional groups attached to an aromatic ring is 1. The van der Waals surface area contributed by atoms with Gasteiger partial charge in [0.15, 0.2) is 0 Å². The number of rotatable bonds is 5. The van der Waals surface area contributed by atoms with Crippen LogP contribution in [0.2, 0.25) is 0 Å². The van der Waals surface area contributed by atoms with Crippen molar-refractivity contribution in [2.24, 2.45) is 5.73 Å². The van der Waals surface area contributed by atoms with Crippen LogP contribution >= 0.6 is 0 Å². The Morgan fingerprint density at radius 3 is 1.64 bits per heavy atom. The zero-order valence-electron chi connectivity index (χ0n) is 13.6. The first kappa shape index (κ1) is 16.5. The lowest BCUT2D eigenvalue weighted by molar-refractivity contribution is 0.0943. The number of benzene rings is 3. The molecular weight excluding hydrogens is 310 g/mol. The highest BCUT2D eigenvalue weighted by molar-refractivity contribution is 5.98. The topological polar surface area (TPSA) is 79.0 Å². The van der Waals surface area contributed by atoms with E-state index in [1.54, 1.807) is 24.3 Å². The van der Waals surface area contributed by atoms with E-state index in [9.17, 15) is 4.79 Å². The van der Waals surface area contributed by atoms with Crippen LogP contribution in [0.1, 0.15) is 33.1 Å². The van der Waals surface area contributed by atoms with Crippen LogP contribution in [0.5, 0.6) is 0 Å². The van der Waals surface area contributed by atoms with Crippen molar-refractivity contribution >= 4 is 11.7 Å². The lowest BCUT2D eigenvalue weighted by Gasteiger charge is -2.20. The molecule has 0 aliphatic rings. The van der Waals surface area contributed by atoms with E-state index in [1.807, 2.05) is 60.7 Å². The fraction of sp³-hybridized carbons (Fsp3) is 0.0476. The molecule has 0 spiro atoms. The minimum absolute atomic E-state index is 0.0154. The second kappa shape index (κ2) is 7.45. The van der Waals surface area contributed by atoms with Crippen molar-refractivity contribution in [2.75, 3.05) is 0 Å². The number of amides is 1. The Morgan fingerprint density at radius 1 is 0.760 bits per heavy atom. The normalized spacial score (nSPS) is 10.4. The van der Waals surface area contributed by atoms with Crippen LogP contribution in [-0.4, -0.2) is 11.7 Å². The summed E-state index contributed by atoms with van der Waals surface area (Å²) in [6, 6.07) is 26.2. The van der Waals surface area contributed by atoms with Gasteiger partial charge in [-0.15, -0.1) is 0 Å². The number of hydrogen-bond donors (Lipinski definition) is 3. The highest BCUT2D eigenvalue weighted by atomic mass is 16.1. The van der Waals surface area contributed by atoms with E-state index in [2.05, 4.69) is 5.32 Å². The Morgan fingerprint density at radius 2 is 1.20 bits per heavy atom. The number of nitrogens with one attached hydrogen (secondary N) is 2. The number of nitrogens with two attached hydrogens (primary N) is 1. The minimum Gasteiger partial charge on any atom is -0.384 e. The third kappa shape index (κ3) is 3.93. The molecule has 4 N–H and O–H groups in total. The number of hydrogen-bond acceptors (Lipinski definition) is 2.